The first kappa shape index (κ1) is 14.8. The first-order valence-electron chi connectivity index (χ1n) is 6.90. The molecule has 0 saturated carbocycles. The van der Waals surface area contributed by atoms with Gasteiger partial charge in [0.25, 0.3) is 5.91 Å². The van der Waals surface area contributed by atoms with Crippen LogP contribution in [-0.2, 0) is 9.59 Å². The van der Waals surface area contributed by atoms with Crippen molar-refractivity contribution < 1.29 is 19.5 Å². The first-order chi connectivity index (χ1) is 9.31. The first-order valence-corrected chi connectivity index (χ1v) is 6.90. The number of rotatable bonds is 4. The van der Waals surface area contributed by atoms with Crippen LogP contribution in [0.3, 0.4) is 0 Å². The monoisotopic (exact) mass is 283 g/mol. The fraction of sp³-hybridized carbons (Fsp3) is 0.769. The van der Waals surface area contributed by atoms with E-state index >= 15 is 0 Å². The second-order valence-corrected chi connectivity index (χ2v) is 5.99. The number of likely N-dealkylation sites (tertiary alicyclic amines) is 1. The molecule has 2 saturated heterocycles. The van der Waals surface area contributed by atoms with Crippen molar-refractivity contribution in [2.24, 2.45) is 5.92 Å². The Morgan fingerprint density at radius 1 is 1.40 bits per heavy atom. The number of nitrogens with zero attached hydrogens (tertiary/aromatic N) is 2. The number of carboxylic acid groups (broad SMARTS) is 1. The Balaban J connectivity index is 1.88. The highest BCUT2D eigenvalue weighted by molar-refractivity contribution is 6.06. The Kier molecular flexibility index (Phi) is 3.99. The topological polar surface area (TPSA) is 90.0 Å². The van der Waals surface area contributed by atoms with E-state index in [2.05, 4.69) is 5.32 Å². The number of nitrogens with one attached hydrogen (secondary N) is 1. The highest BCUT2D eigenvalue weighted by Gasteiger charge is 2.44. The number of carbonyl (C=O) groups excluding carboxylic acids is 2. The fourth-order valence-corrected chi connectivity index (χ4v) is 2.72. The molecular weight excluding hydrogens is 262 g/mol. The van der Waals surface area contributed by atoms with Gasteiger partial charge in [-0.25, -0.2) is 4.79 Å². The van der Waals surface area contributed by atoms with Gasteiger partial charge in [-0.3, -0.25) is 14.5 Å². The summed E-state index contributed by atoms with van der Waals surface area (Å²) in [5, 5.41) is 11.7. The lowest BCUT2D eigenvalue weighted by molar-refractivity contribution is -0.143. The molecular formula is C13H21N3O4. The van der Waals surface area contributed by atoms with Crippen LogP contribution in [0.25, 0.3) is 0 Å². The molecule has 112 valence electrons. The molecule has 0 aromatic heterocycles. The van der Waals surface area contributed by atoms with Gasteiger partial charge in [-0.05, 0) is 33.2 Å². The van der Waals surface area contributed by atoms with Gasteiger partial charge in [-0.1, -0.05) is 0 Å². The Morgan fingerprint density at radius 3 is 2.65 bits per heavy atom. The fourth-order valence-electron chi connectivity index (χ4n) is 2.72. The van der Waals surface area contributed by atoms with E-state index in [1.54, 1.807) is 13.8 Å². The Bertz CT molecular complexity index is 435. The van der Waals surface area contributed by atoms with Crippen LogP contribution in [0.15, 0.2) is 0 Å². The molecule has 7 heteroatoms. The van der Waals surface area contributed by atoms with Gasteiger partial charge in [-0.2, -0.15) is 0 Å². The predicted molar refractivity (Wildman–Crippen MR) is 71.1 cm³/mol. The SMILES string of the molecule is CC1(C)NC(=O)N(CCN2CCCC(C(=O)O)C2)C1=O. The zero-order valence-electron chi connectivity index (χ0n) is 11.9. The zero-order chi connectivity index (χ0) is 14.9. The highest BCUT2D eigenvalue weighted by atomic mass is 16.4. The van der Waals surface area contributed by atoms with E-state index in [9.17, 15) is 14.4 Å². The summed E-state index contributed by atoms with van der Waals surface area (Å²) in [7, 11) is 0. The predicted octanol–water partition coefficient (Wildman–Crippen LogP) is 0.113. The summed E-state index contributed by atoms with van der Waals surface area (Å²) in [6.45, 7) is 5.49. The average molecular weight is 283 g/mol. The van der Waals surface area contributed by atoms with Crippen molar-refractivity contribution in [3.63, 3.8) is 0 Å². The normalized spacial score (nSPS) is 26.7. The van der Waals surface area contributed by atoms with E-state index in [1.165, 1.54) is 4.90 Å². The van der Waals surface area contributed by atoms with Crippen molar-refractivity contribution in [1.82, 2.24) is 15.1 Å². The van der Waals surface area contributed by atoms with Crippen LogP contribution in [0.2, 0.25) is 0 Å². The van der Waals surface area contributed by atoms with Gasteiger partial charge >= 0.3 is 12.0 Å². The lowest BCUT2D eigenvalue weighted by Crippen LogP contribution is -2.45. The van der Waals surface area contributed by atoms with Crippen molar-refractivity contribution in [3.05, 3.63) is 0 Å². The van der Waals surface area contributed by atoms with Crippen LogP contribution >= 0.6 is 0 Å². The molecule has 2 aliphatic heterocycles. The maximum absolute atomic E-state index is 12.0. The maximum Gasteiger partial charge on any atom is 0.325 e. The Hall–Kier alpha value is -1.63. The molecule has 1 unspecified atom stereocenters. The van der Waals surface area contributed by atoms with Gasteiger partial charge in [0, 0.05) is 19.6 Å². The van der Waals surface area contributed by atoms with Gasteiger partial charge in [0.15, 0.2) is 0 Å². The number of imide groups is 1. The van der Waals surface area contributed by atoms with Crippen molar-refractivity contribution in [2.45, 2.75) is 32.2 Å². The number of urea groups is 1. The minimum Gasteiger partial charge on any atom is -0.481 e. The summed E-state index contributed by atoms with van der Waals surface area (Å²) in [4.78, 5) is 38.0. The van der Waals surface area contributed by atoms with Crippen LogP contribution < -0.4 is 5.32 Å². The molecule has 0 bridgehead atoms. The summed E-state index contributed by atoms with van der Waals surface area (Å²) < 4.78 is 0. The zero-order valence-corrected chi connectivity index (χ0v) is 11.9. The summed E-state index contributed by atoms with van der Waals surface area (Å²) in [5.74, 6) is -1.34. The van der Waals surface area contributed by atoms with E-state index in [0.717, 1.165) is 13.0 Å². The molecule has 0 aromatic rings. The summed E-state index contributed by atoms with van der Waals surface area (Å²) in [6.07, 6.45) is 1.53. The largest absolute Gasteiger partial charge is 0.481 e. The molecule has 0 spiro atoms. The van der Waals surface area contributed by atoms with Crippen molar-refractivity contribution >= 4 is 17.9 Å². The number of piperidine rings is 1. The number of carbonyl (C=O) groups is 3. The van der Waals surface area contributed by atoms with Gasteiger partial charge in [0.05, 0.1) is 5.92 Å². The molecule has 2 N–H and O–H groups in total. The smallest absolute Gasteiger partial charge is 0.325 e. The third kappa shape index (κ3) is 2.92. The Labute approximate surface area is 117 Å². The van der Waals surface area contributed by atoms with Crippen LogP contribution in [0.1, 0.15) is 26.7 Å². The molecule has 2 heterocycles. The molecule has 20 heavy (non-hydrogen) atoms. The lowest BCUT2D eigenvalue weighted by atomic mass is 9.98. The Morgan fingerprint density at radius 2 is 2.10 bits per heavy atom. The van der Waals surface area contributed by atoms with E-state index in [1.807, 2.05) is 4.90 Å². The number of hydrogen-bond acceptors (Lipinski definition) is 4. The van der Waals surface area contributed by atoms with Gasteiger partial charge in [0.1, 0.15) is 5.54 Å². The standard InChI is InChI=1S/C13H21N3O4/c1-13(2)11(19)16(12(20)14-13)7-6-15-5-3-4-9(8-15)10(17)18/h9H,3-8H2,1-2H3,(H,14,20)(H,17,18). The average Bonchev–Trinajstić information content (AvgIpc) is 2.57. The van der Waals surface area contributed by atoms with Crippen LogP contribution in [-0.4, -0.2) is 64.5 Å². The second-order valence-electron chi connectivity index (χ2n) is 5.99. The van der Waals surface area contributed by atoms with Crippen molar-refractivity contribution in [1.29, 1.82) is 0 Å². The third-order valence-corrected chi connectivity index (χ3v) is 3.94. The molecule has 2 fully saturated rings. The molecule has 7 nitrogen and oxygen atoms in total. The van der Waals surface area contributed by atoms with E-state index < -0.39 is 11.5 Å². The highest BCUT2D eigenvalue weighted by Crippen LogP contribution is 2.19. The molecule has 0 aliphatic carbocycles. The van der Waals surface area contributed by atoms with Crippen LogP contribution in [0.4, 0.5) is 4.79 Å². The summed E-state index contributed by atoms with van der Waals surface area (Å²) >= 11 is 0. The molecule has 2 aliphatic rings. The number of carboxylic acids is 1. The number of hydrogen-bond donors (Lipinski definition) is 2. The van der Waals surface area contributed by atoms with E-state index in [-0.39, 0.29) is 17.9 Å². The minimum absolute atomic E-state index is 0.228. The molecule has 1 atom stereocenters. The van der Waals surface area contributed by atoms with E-state index in [4.69, 9.17) is 5.11 Å². The van der Waals surface area contributed by atoms with E-state index in [0.29, 0.717) is 26.1 Å². The summed E-state index contributed by atoms with van der Waals surface area (Å²) in [6, 6.07) is -0.369. The minimum atomic E-state index is -0.845. The second kappa shape index (κ2) is 5.40. The van der Waals surface area contributed by atoms with Crippen LogP contribution in [0, 0.1) is 5.92 Å². The number of aliphatic carboxylic acids is 1. The molecule has 0 aromatic carbocycles. The quantitative estimate of drug-likeness (QED) is 0.715. The molecule has 0 radical (unpaired) electrons. The van der Waals surface area contributed by atoms with Gasteiger partial charge in [0.2, 0.25) is 0 Å². The van der Waals surface area contributed by atoms with Gasteiger partial charge in [-0.15, -0.1) is 0 Å². The van der Waals surface area contributed by atoms with Gasteiger partial charge < -0.3 is 15.3 Å². The molecule has 3 amide bonds. The third-order valence-electron chi connectivity index (χ3n) is 3.94. The summed E-state index contributed by atoms with van der Waals surface area (Å²) in [5.41, 5.74) is -0.845. The van der Waals surface area contributed by atoms with Crippen LogP contribution in [0.5, 0.6) is 0 Å². The van der Waals surface area contributed by atoms with Crippen molar-refractivity contribution in [2.75, 3.05) is 26.2 Å². The maximum atomic E-state index is 12.0. The van der Waals surface area contributed by atoms with Crippen molar-refractivity contribution in [3.8, 4) is 0 Å². The number of amides is 3. The molecule has 2 rings (SSSR count). The lowest BCUT2D eigenvalue weighted by Gasteiger charge is -2.31.